The van der Waals surface area contributed by atoms with E-state index in [2.05, 4.69) is 33.0 Å². The normalized spacial score (nSPS) is 26.8. The molecule has 15 heavy (non-hydrogen) atoms. The maximum atomic E-state index is 3.82. The second-order valence-electron chi connectivity index (χ2n) is 5.75. The number of halogens is 1. The maximum absolute atomic E-state index is 3.82. The van der Waals surface area contributed by atoms with Crippen molar-refractivity contribution in [2.75, 3.05) is 0 Å². The number of hydrogen-bond donors (Lipinski definition) is 1. The molecule has 1 fully saturated rings. The molecule has 2 atom stereocenters. The molecular weight excluding hydrogens is 206 g/mol. The van der Waals surface area contributed by atoms with Crippen LogP contribution >= 0.6 is 12.4 Å². The molecular formula is C13H28ClN. The molecule has 1 nitrogen and oxygen atoms in total. The first-order valence-electron chi connectivity index (χ1n) is 6.34. The lowest BCUT2D eigenvalue weighted by Crippen LogP contribution is -2.43. The van der Waals surface area contributed by atoms with Crippen molar-refractivity contribution >= 4 is 12.4 Å². The van der Waals surface area contributed by atoms with Crippen molar-refractivity contribution < 1.29 is 0 Å². The largest absolute Gasteiger partial charge is 0.311 e. The summed E-state index contributed by atoms with van der Waals surface area (Å²) < 4.78 is 0. The van der Waals surface area contributed by atoms with Gasteiger partial charge < -0.3 is 5.32 Å². The molecule has 0 aromatic heterocycles. The summed E-state index contributed by atoms with van der Waals surface area (Å²) >= 11 is 0. The molecule has 0 amide bonds. The zero-order chi connectivity index (χ0) is 10.6. The summed E-state index contributed by atoms with van der Waals surface area (Å²) in [6, 6.07) is 1.60. The Morgan fingerprint density at radius 1 is 0.933 bits per heavy atom. The second kappa shape index (κ2) is 7.51. The van der Waals surface area contributed by atoms with Gasteiger partial charge in [-0.25, -0.2) is 0 Å². The van der Waals surface area contributed by atoms with Crippen LogP contribution < -0.4 is 5.32 Å². The molecule has 1 heterocycles. The van der Waals surface area contributed by atoms with Gasteiger partial charge in [0.1, 0.15) is 0 Å². The molecule has 1 aliphatic rings. The fourth-order valence-electron chi connectivity index (χ4n) is 2.62. The van der Waals surface area contributed by atoms with E-state index in [9.17, 15) is 0 Å². The van der Waals surface area contributed by atoms with E-state index in [0.29, 0.717) is 0 Å². The number of rotatable bonds is 4. The summed E-state index contributed by atoms with van der Waals surface area (Å²) in [6.07, 6.45) is 6.94. The molecule has 0 aliphatic carbocycles. The van der Waals surface area contributed by atoms with Gasteiger partial charge in [-0.05, 0) is 37.5 Å². The lowest BCUT2D eigenvalue weighted by Gasteiger charge is -2.33. The molecule has 0 saturated carbocycles. The number of nitrogens with one attached hydrogen (secondary N) is 1. The Balaban J connectivity index is 0.00000196. The van der Waals surface area contributed by atoms with Gasteiger partial charge >= 0.3 is 0 Å². The van der Waals surface area contributed by atoms with E-state index in [1.807, 2.05) is 0 Å². The number of hydrogen-bond acceptors (Lipinski definition) is 1. The van der Waals surface area contributed by atoms with Crippen molar-refractivity contribution in [3.05, 3.63) is 0 Å². The van der Waals surface area contributed by atoms with E-state index in [-0.39, 0.29) is 12.4 Å². The van der Waals surface area contributed by atoms with Crippen LogP contribution in [0.2, 0.25) is 0 Å². The average molecular weight is 234 g/mol. The summed E-state index contributed by atoms with van der Waals surface area (Å²) in [5.74, 6) is 1.68. The standard InChI is InChI=1S/C13H27N.ClH/c1-10(2)8-12-6-5-7-13(14-12)9-11(3)4;/h10-14H,5-9H2,1-4H3;1H. The quantitative estimate of drug-likeness (QED) is 0.774. The first-order chi connectivity index (χ1) is 6.58. The highest BCUT2D eigenvalue weighted by Gasteiger charge is 2.21. The van der Waals surface area contributed by atoms with E-state index in [0.717, 1.165) is 23.9 Å². The van der Waals surface area contributed by atoms with Gasteiger partial charge in [0.15, 0.2) is 0 Å². The highest BCUT2D eigenvalue weighted by molar-refractivity contribution is 5.85. The SMILES string of the molecule is CC(C)CC1CCCC(CC(C)C)N1.Cl. The van der Waals surface area contributed by atoms with Gasteiger partial charge in [-0.2, -0.15) is 0 Å². The molecule has 0 spiro atoms. The van der Waals surface area contributed by atoms with Crippen LogP contribution in [0.5, 0.6) is 0 Å². The molecule has 1 aliphatic heterocycles. The molecule has 92 valence electrons. The van der Waals surface area contributed by atoms with Crippen LogP contribution in [0.25, 0.3) is 0 Å². The molecule has 0 aromatic rings. The maximum Gasteiger partial charge on any atom is 0.00721 e. The summed E-state index contributed by atoms with van der Waals surface area (Å²) in [5, 5.41) is 3.82. The monoisotopic (exact) mass is 233 g/mol. The van der Waals surface area contributed by atoms with Gasteiger partial charge in [-0.3, -0.25) is 0 Å². The summed E-state index contributed by atoms with van der Waals surface area (Å²) in [6.45, 7) is 9.31. The zero-order valence-electron chi connectivity index (χ0n) is 10.8. The summed E-state index contributed by atoms with van der Waals surface area (Å²) in [7, 11) is 0. The molecule has 0 bridgehead atoms. The Bertz CT molecular complexity index is 141. The first-order valence-corrected chi connectivity index (χ1v) is 6.34. The van der Waals surface area contributed by atoms with E-state index in [1.165, 1.54) is 32.1 Å². The Morgan fingerprint density at radius 2 is 1.33 bits per heavy atom. The van der Waals surface area contributed by atoms with Gasteiger partial charge in [0.25, 0.3) is 0 Å². The molecule has 0 radical (unpaired) electrons. The van der Waals surface area contributed by atoms with E-state index < -0.39 is 0 Å². The summed E-state index contributed by atoms with van der Waals surface area (Å²) in [4.78, 5) is 0. The predicted octanol–water partition coefficient (Wildman–Crippen LogP) is 4.01. The Hall–Kier alpha value is 0.250. The Kier molecular flexibility index (Phi) is 7.64. The molecule has 2 heteroatoms. The van der Waals surface area contributed by atoms with Crippen LogP contribution in [0.1, 0.15) is 59.8 Å². The van der Waals surface area contributed by atoms with Gasteiger partial charge in [0.05, 0.1) is 0 Å². The lowest BCUT2D eigenvalue weighted by atomic mass is 9.89. The van der Waals surface area contributed by atoms with Gasteiger partial charge in [-0.1, -0.05) is 34.1 Å². The van der Waals surface area contributed by atoms with E-state index in [1.54, 1.807) is 0 Å². The third-order valence-corrected chi connectivity index (χ3v) is 3.09. The summed E-state index contributed by atoms with van der Waals surface area (Å²) in [5.41, 5.74) is 0. The Morgan fingerprint density at radius 3 is 1.67 bits per heavy atom. The van der Waals surface area contributed by atoms with Crippen LogP contribution in [0.3, 0.4) is 0 Å². The predicted molar refractivity (Wildman–Crippen MR) is 70.7 cm³/mol. The minimum Gasteiger partial charge on any atom is -0.311 e. The topological polar surface area (TPSA) is 12.0 Å². The first kappa shape index (κ1) is 15.2. The molecule has 1 rings (SSSR count). The van der Waals surface area contributed by atoms with Crippen molar-refractivity contribution in [2.45, 2.75) is 71.9 Å². The van der Waals surface area contributed by atoms with Crippen LogP contribution in [-0.4, -0.2) is 12.1 Å². The zero-order valence-corrected chi connectivity index (χ0v) is 11.6. The van der Waals surface area contributed by atoms with Gasteiger partial charge in [0.2, 0.25) is 0 Å². The third-order valence-electron chi connectivity index (χ3n) is 3.09. The van der Waals surface area contributed by atoms with Crippen molar-refractivity contribution in [2.24, 2.45) is 11.8 Å². The van der Waals surface area contributed by atoms with E-state index >= 15 is 0 Å². The highest BCUT2D eigenvalue weighted by atomic mass is 35.5. The highest BCUT2D eigenvalue weighted by Crippen LogP contribution is 2.21. The van der Waals surface area contributed by atoms with Crippen LogP contribution in [0.4, 0.5) is 0 Å². The van der Waals surface area contributed by atoms with Gasteiger partial charge in [-0.15, -0.1) is 12.4 Å². The Labute approximate surface area is 102 Å². The van der Waals surface area contributed by atoms with Crippen LogP contribution in [0.15, 0.2) is 0 Å². The van der Waals surface area contributed by atoms with Crippen molar-refractivity contribution in [3.63, 3.8) is 0 Å². The van der Waals surface area contributed by atoms with Crippen molar-refractivity contribution in [1.82, 2.24) is 5.32 Å². The number of piperidine rings is 1. The molecule has 2 unspecified atom stereocenters. The fraction of sp³-hybridized carbons (Fsp3) is 1.00. The van der Waals surface area contributed by atoms with Gasteiger partial charge in [0, 0.05) is 12.1 Å². The van der Waals surface area contributed by atoms with Crippen molar-refractivity contribution in [3.8, 4) is 0 Å². The second-order valence-corrected chi connectivity index (χ2v) is 5.75. The smallest absolute Gasteiger partial charge is 0.00721 e. The third kappa shape index (κ3) is 6.42. The fourth-order valence-corrected chi connectivity index (χ4v) is 2.62. The molecule has 1 saturated heterocycles. The minimum absolute atomic E-state index is 0. The van der Waals surface area contributed by atoms with E-state index in [4.69, 9.17) is 0 Å². The molecule has 1 N–H and O–H groups in total. The lowest BCUT2D eigenvalue weighted by molar-refractivity contribution is 0.262. The van der Waals surface area contributed by atoms with Crippen molar-refractivity contribution in [1.29, 1.82) is 0 Å². The average Bonchev–Trinajstić information content (AvgIpc) is 2.01. The molecule has 0 aromatic carbocycles. The minimum atomic E-state index is 0. The van der Waals surface area contributed by atoms with Crippen LogP contribution in [-0.2, 0) is 0 Å². The van der Waals surface area contributed by atoms with Crippen LogP contribution in [0, 0.1) is 11.8 Å².